The Hall–Kier alpha value is -1.11. The molecular formula is C13H19N3O2S. The molecule has 2 aliphatic rings. The van der Waals surface area contributed by atoms with Gasteiger partial charge in [0.1, 0.15) is 4.90 Å². The molecule has 1 aromatic carbocycles. The van der Waals surface area contributed by atoms with E-state index >= 15 is 0 Å². The zero-order chi connectivity index (χ0) is 13.5. The summed E-state index contributed by atoms with van der Waals surface area (Å²) in [6, 6.07) is 6.81. The Balaban J connectivity index is 1.85. The number of nitrogen functional groups attached to an aromatic ring is 1. The standard InChI is InChI=1S/C13H19N3O2S/c14-15-11-3-1-2-4-12(11)19(17,18)16-13(9-5-6-9)10-7-8-10/h1-4,9-10,13,15-16H,5-8,14H2. The van der Waals surface area contributed by atoms with Gasteiger partial charge >= 0.3 is 0 Å². The highest BCUT2D eigenvalue weighted by Crippen LogP contribution is 2.45. The Morgan fingerprint density at radius 2 is 1.68 bits per heavy atom. The Bertz CT molecular complexity index is 553. The molecule has 3 rings (SSSR count). The number of nitrogens with one attached hydrogen (secondary N) is 2. The normalized spacial score (nSPS) is 19.7. The monoisotopic (exact) mass is 281 g/mol. The number of benzene rings is 1. The molecule has 5 nitrogen and oxygen atoms in total. The summed E-state index contributed by atoms with van der Waals surface area (Å²) in [4.78, 5) is 0.226. The van der Waals surface area contributed by atoms with Crippen LogP contribution in [-0.4, -0.2) is 14.5 Å². The van der Waals surface area contributed by atoms with Gasteiger partial charge in [0, 0.05) is 6.04 Å². The smallest absolute Gasteiger partial charge is 0.242 e. The number of para-hydroxylation sites is 1. The van der Waals surface area contributed by atoms with E-state index in [1.165, 1.54) is 0 Å². The average Bonchev–Trinajstić information content (AvgIpc) is 3.29. The number of rotatable bonds is 6. The van der Waals surface area contributed by atoms with E-state index in [0.717, 1.165) is 25.7 Å². The number of hydrogen-bond donors (Lipinski definition) is 3. The molecule has 0 bridgehead atoms. The minimum atomic E-state index is -3.50. The van der Waals surface area contributed by atoms with Crippen molar-refractivity contribution in [3.05, 3.63) is 24.3 Å². The number of sulfonamides is 1. The average molecular weight is 281 g/mol. The van der Waals surface area contributed by atoms with Crippen LogP contribution in [0.3, 0.4) is 0 Å². The summed E-state index contributed by atoms with van der Waals surface area (Å²) in [6.45, 7) is 0. The van der Waals surface area contributed by atoms with Gasteiger partial charge in [-0.2, -0.15) is 0 Å². The molecule has 0 aliphatic heterocycles. The Morgan fingerprint density at radius 1 is 1.11 bits per heavy atom. The van der Waals surface area contributed by atoms with Crippen LogP contribution in [-0.2, 0) is 10.0 Å². The van der Waals surface area contributed by atoms with E-state index in [-0.39, 0.29) is 10.9 Å². The minimum Gasteiger partial charge on any atom is -0.323 e. The third-order valence-electron chi connectivity index (χ3n) is 3.88. The van der Waals surface area contributed by atoms with Gasteiger partial charge < -0.3 is 5.43 Å². The van der Waals surface area contributed by atoms with Crippen molar-refractivity contribution in [1.82, 2.24) is 4.72 Å². The summed E-state index contributed by atoms with van der Waals surface area (Å²) in [6.07, 6.45) is 4.56. The van der Waals surface area contributed by atoms with E-state index in [2.05, 4.69) is 10.1 Å². The van der Waals surface area contributed by atoms with Crippen LogP contribution in [0.2, 0.25) is 0 Å². The lowest BCUT2D eigenvalue weighted by atomic mass is 10.1. The molecule has 0 unspecified atom stereocenters. The predicted molar refractivity (Wildman–Crippen MR) is 73.8 cm³/mol. The van der Waals surface area contributed by atoms with Crippen LogP contribution < -0.4 is 16.0 Å². The van der Waals surface area contributed by atoms with E-state index < -0.39 is 10.0 Å². The molecule has 2 aliphatic carbocycles. The maximum absolute atomic E-state index is 12.5. The van der Waals surface area contributed by atoms with Crippen molar-refractivity contribution in [2.45, 2.75) is 36.6 Å². The molecular weight excluding hydrogens is 262 g/mol. The molecule has 4 N–H and O–H groups in total. The minimum absolute atomic E-state index is 0.107. The maximum atomic E-state index is 12.5. The topological polar surface area (TPSA) is 84.2 Å². The third kappa shape index (κ3) is 2.75. The Morgan fingerprint density at radius 3 is 2.21 bits per heavy atom. The van der Waals surface area contributed by atoms with Crippen molar-refractivity contribution in [1.29, 1.82) is 0 Å². The quantitative estimate of drug-likeness (QED) is 0.544. The summed E-state index contributed by atoms with van der Waals surface area (Å²) >= 11 is 0. The predicted octanol–water partition coefficient (Wildman–Crippen LogP) is 1.44. The van der Waals surface area contributed by atoms with Gasteiger partial charge in [-0.3, -0.25) is 5.84 Å². The summed E-state index contributed by atoms with van der Waals surface area (Å²) in [5, 5.41) is 0. The van der Waals surface area contributed by atoms with Crippen LogP contribution >= 0.6 is 0 Å². The molecule has 0 atom stereocenters. The van der Waals surface area contributed by atoms with Crippen LogP contribution in [0.1, 0.15) is 25.7 Å². The lowest BCUT2D eigenvalue weighted by molar-refractivity contribution is 0.471. The highest BCUT2D eigenvalue weighted by Gasteiger charge is 2.43. The second-order valence-corrected chi connectivity index (χ2v) is 7.14. The second kappa shape index (κ2) is 4.77. The van der Waals surface area contributed by atoms with Gasteiger partial charge in [0.05, 0.1) is 5.69 Å². The van der Waals surface area contributed by atoms with E-state index in [0.29, 0.717) is 17.5 Å². The summed E-state index contributed by atoms with van der Waals surface area (Å²) in [7, 11) is -3.50. The Labute approximate surface area is 113 Å². The first kappa shape index (κ1) is 12.9. The molecule has 0 spiro atoms. The van der Waals surface area contributed by atoms with Gasteiger partial charge in [0.15, 0.2) is 0 Å². The van der Waals surface area contributed by atoms with Crippen molar-refractivity contribution in [2.75, 3.05) is 5.43 Å². The molecule has 0 heterocycles. The summed E-state index contributed by atoms with van der Waals surface area (Å²) < 4.78 is 27.8. The van der Waals surface area contributed by atoms with Crippen molar-refractivity contribution in [3.8, 4) is 0 Å². The third-order valence-corrected chi connectivity index (χ3v) is 5.40. The number of hydrazine groups is 1. The number of anilines is 1. The largest absolute Gasteiger partial charge is 0.323 e. The van der Waals surface area contributed by atoms with Crippen LogP contribution in [0.15, 0.2) is 29.2 Å². The van der Waals surface area contributed by atoms with Crippen molar-refractivity contribution >= 4 is 15.7 Å². The van der Waals surface area contributed by atoms with Gasteiger partial charge in [0.25, 0.3) is 0 Å². The molecule has 0 saturated heterocycles. The van der Waals surface area contributed by atoms with E-state index in [1.807, 2.05) is 0 Å². The maximum Gasteiger partial charge on any atom is 0.242 e. The molecule has 0 aromatic heterocycles. The SMILES string of the molecule is NNc1ccccc1S(=O)(=O)NC(C1CC1)C1CC1. The van der Waals surface area contributed by atoms with Crippen LogP contribution in [0.25, 0.3) is 0 Å². The number of nitrogens with two attached hydrogens (primary N) is 1. The molecule has 104 valence electrons. The van der Waals surface area contributed by atoms with Gasteiger partial charge in [-0.1, -0.05) is 12.1 Å². The zero-order valence-electron chi connectivity index (χ0n) is 10.7. The van der Waals surface area contributed by atoms with Crippen molar-refractivity contribution < 1.29 is 8.42 Å². The molecule has 0 amide bonds. The van der Waals surface area contributed by atoms with Crippen LogP contribution in [0.4, 0.5) is 5.69 Å². The highest BCUT2D eigenvalue weighted by atomic mass is 32.2. The molecule has 6 heteroatoms. The lowest BCUT2D eigenvalue weighted by Crippen LogP contribution is -2.38. The molecule has 2 saturated carbocycles. The van der Waals surface area contributed by atoms with Gasteiger partial charge in [-0.25, -0.2) is 13.1 Å². The zero-order valence-corrected chi connectivity index (χ0v) is 11.5. The van der Waals surface area contributed by atoms with E-state index in [1.54, 1.807) is 24.3 Å². The van der Waals surface area contributed by atoms with Crippen molar-refractivity contribution in [2.24, 2.45) is 17.7 Å². The number of hydrogen-bond acceptors (Lipinski definition) is 4. The Kier molecular flexibility index (Phi) is 3.24. The van der Waals surface area contributed by atoms with E-state index in [4.69, 9.17) is 5.84 Å². The first-order valence-electron chi connectivity index (χ1n) is 6.70. The van der Waals surface area contributed by atoms with Crippen LogP contribution in [0.5, 0.6) is 0 Å². The molecule has 2 fully saturated rings. The molecule has 1 aromatic rings. The fourth-order valence-corrected chi connectivity index (χ4v) is 4.10. The molecule has 19 heavy (non-hydrogen) atoms. The second-order valence-electron chi connectivity index (χ2n) is 5.46. The first-order chi connectivity index (χ1) is 9.12. The van der Waals surface area contributed by atoms with Crippen molar-refractivity contribution in [3.63, 3.8) is 0 Å². The lowest BCUT2D eigenvalue weighted by Gasteiger charge is -2.19. The van der Waals surface area contributed by atoms with E-state index in [9.17, 15) is 8.42 Å². The van der Waals surface area contributed by atoms with Gasteiger partial charge in [-0.15, -0.1) is 0 Å². The fraction of sp³-hybridized carbons (Fsp3) is 0.538. The van der Waals surface area contributed by atoms with Gasteiger partial charge in [-0.05, 0) is 49.7 Å². The summed E-state index contributed by atoms with van der Waals surface area (Å²) in [5.41, 5.74) is 2.88. The first-order valence-corrected chi connectivity index (χ1v) is 8.18. The van der Waals surface area contributed by atoms with Gasteiger partial charge in [0.2, 0.25) is 10.0 Å². The fourth-order valence-electron chi connectivity index (χ4n) is 2.55. The molecule has 0 radical (unpaired) electrons. The van der Waals surface area contributed by atoms with Crippen LogP contribution in [0, 0.1) is 11.8 Å². The highest BCUT2D eigenvalue weighted by molar-refractivity contribution is 7.89. The summed E-state index contributed by atoms with van der Waals surface area (Å²) in [5.74, 6) is 6.44.